The van der Waals surface area contributed by atoms with Crippen LogP contribution in [0, 0.1) is 10.1 Å². The number of nitrogens with zero attached hydrogens (tertiary/aromatic N) is 4. The Bertz CT molecular complexity index is 1070. The number of anilines is 1. The molecular weight excluding hydrogens is 402 g/mol. The molecule has 0 atom stereocenters. The second-order valence-electron chi connectivity index (χ2n) is 7.44. The molecule has 30 heavy (non-hydrogen) atoms. The van der Waals surface area contributed by atoms with E-state index in [1.807, 2.05) is 12.1 Å². The van der Waals surface area contributed by atoms with Gasteiger partial charge in [0.1, 0.15) is 5.82 Å². The number of aromatic nitrogens is 1. The highest BCUT2D eigenvalue weighted by atomic mass is 32.1. The van der Waals surface area contributed by atoms with Crippen molar-refractivity contribution in [1.82, 2.24) is 15.2 Å². The summed E-state index contributed by atoms with van der Waals surface area (Å²) in [5.41, 5.74) is 0.949. The summed E-state index contributed by atoms with van der Waals surface area (Å²) in [6.45, 7) is 4.47. The fourth-order valence-corrected chi connectivity index (χ4v) is 4.47. The number of rotatable bonds is 5. The molecule has 0 aliphatic carbocycles. The maximum absolute atomic E-state index is 12.5. The molecule has 1 aliphatic heterocycles. The third kappa shape index (κ3) is 4.58. The minimum atomic E-state index is -0.433. The lowest BCUT2D eigenvalue weighted by Gasteiger charge is -2.21. The minimum absolute atomic E-state index is 0.0227. The summed E-state index contributed by atoms with van der Waals surface area (Å²) in [5.74, 6) is 0.768. The molecule has 1 fully saturated rings. The van der Waals surface area contributed by atoms with E-state index in [-0.39, 0.29) is 11.6 Å². The van der Waals surface area contributed by atoms with Crippen molar-refractivity contribution in [3.8, 4) is 0 Å². The van der Waals surface area contributed by atoms with E-state index in [1.54, 1.807) is 18.3 Å². The zero-order valence-corrected chi connectivity index (χ0v) is 17.5. The predicted octanol–water partition coefficient (Wildman–Crippen LogP) is 3.28. The van der Waals surface area contributed by atoms with Crippen LogP contribution in [0.3, 0.4) is 0 Å². The number of carbonyl (C=O) groups excluding carboxylic acids is 1. The highest BCUT2D eigenvalue weighted by Crippen LogP contribution is 2.29. The van der Waals surface area contributed by atoms with Crippen LogP contribution in [0.15, 0.2) is 42.6 Å². The maximum Gasteiger partial charge on any atom is 0.270 e. The van der Waals surface area contributed by atoms with Gasteiger partial charge in [0.05, 0.1) is 9.80 Å². The minimum Gasteiger partial charge on any atom is -0.355 e. The van der Waals surface area contributed by atoms with E-state index < -0.39 is 4.92 Å². The van der Waals surface area contributed by atoms with Gasteiger partial charge in [0.25, 0.3) is 11.6 Å². The predicted molar refractivity (Wildman–Crippen MR) is 118 cm³/mol. The SMILES string of the molecule is CN1CCCN(c2ccc(CNC(=O)c3cc4cc([N+](=O)[O-])ccc4s3)cn2)CC1. The van der Waals surface area contributed by atoms with Crippen LogP contribution in [0.2, 0.25) is 0 Å². The van der Waals surface area contributed by atoms with Gasteiger partial charge in [-0.25, -0.2) is 4.98 Å². The highest BCUT2D eigenvalue weighted by molar-refractivity contribution is 7.20. The summed E-state index contributed by atoms with van der Waals surface area (Å²) in [6, 6.07) is 10.3. The molecule has 3 heterocycles. The smallest absolute Gasteiger partial charge is 0.270 e. The quantitative estimate of drug-likeness (QED) is 0.498. The van der Waals surface area contributed by atoms with Crippen molar-refractivity contribution in [2.24, 2.45) is 0 Å². The average Bonchev–Trinajstić information content (AvgIpc) is 3.06. The third-order valence-corrected chi connectivity index (χ3v) is 6.36. The molecule has 0 bridgehead atoms. The largest absolute Gasteiger partial charge is 0.355 e. The summed E-state index contributed by atoms with van der Waals surface area (Å²) in [7, 11) is 2.14. The fourth-order valence-electron chi connectivity index (χ4n) is 3.51. The molecule has 1 aromatic carbocycles. The fraction of sp³-hybridized carbons (Fsp3) is 0.333. The van der Waals surface area contributed by atoms with E-state index in [1.165, 1.54) is 23.5 Å². The van der Waals surface area contributed by atoms with E-state index in [0.717, 1.165) is 48.7 Å². The van der Waals surface area contributed by atoms with Crippen LogP contribution in [-0.4, -0.2) is 53.9 Å². The molecule has 9 heteroatoms. The molecule has 0 radical (unpaired) electrons. The number of nitro groups is 1. The lowest BCUT2D eigenvalue weighted by Crippen LogP contribution is -2.29. The second-order valence-corrected chi connectivity index (χ2v) is 8.52. The second kappa shape index (κ2) is 8.76. The lowest BCUT2D eigenvalue weighted by molar-refractivity contribution is -0.384. The van der Waals surface area contributed by atoms with Gasteiger partial charge in [-0.1, -0.05) is 6.07 Å². The van der Waals surface area contributed by atoms with Crippen LogP contribution in [-0.2, 0) is 6.54 Å². The van der Waals surface area contributed by atoms with Gasteiger partial charge < -0.3 is 15.1 Å². The van der Waals surface area contributed by atoms with Crippen molar-refractivity contribution in [2.75, 3.05) is 38.1 Å². The van der Waals surface area contributed by atoms with Crippen LogP contribution < -0.4 is 10.2 Å². The molecule has 4 rings (SSSR count). The Hall–Kier alpha value is -3.04. The summed E-state index contributed by atoms with van der Waals surface area (Å²) in [5, 5.41) is 14.5. The molecule has 1 aliphatic rings. The molecule has 1 N–H and O–H groups in total. The number of nitrogens with one attached hydrogen (secondary N) is 1. The van der Waals surface area contributed by atoms with Gasteiger partial charge in [-0.3, -0.25) is 14.9 Å². The Morgan fingerprint density at radius 1 is 1.20 bits per heavy atom. The molecule has 0 spiro atoms. The molecule has 8 nitrogen and oxygen atoms in total. The van der Waals surface area contributed by atoms with Gasteiger partial charge >= 0.3 is 0 Å². The first-order valence-corrected chi connectivity index (χ1v) is 10.7. The van der Waals surface area contributed by atoms with Gasteiger partial charge in [-0.2, -0.15) is 0 Å². The van der Waals surface area contributed by atoms with Crippen LogP contribution >= 0.6 is 11.3 Å². The molecular formula is C21H23N5O3S. The number of fused-ring (bicyclic) bond motifs is 1. The topological polar surface area (TPSA) is 91.6 Å². The number of thiophene rings is 1. The molecule has 0 saturated carbocycles. The number of hydrogen-bond donors (Lipinski definition) is 1. The van der Waals surface area contributed by atoms with E-state index in [4.69, 9.17) is 0 Å². The number of hydrogen-bond acceptors (Lipinski definition) is 7. The normalized spacial score (nSPS) is 15.2. The van der Waals surface area contributed by atoms with Gasteiger partial charge in [-0.15, -0.1) is 11.3 Å². The third-order valence-electron chi connectivity index (χ3n) is 5.24. The van der Waals surface area contributed by atoms with Crippen molar-refractivity contribution in [3.63, 3.8) is 0 Å². The van der Waals surface area contributed by atoms with Crippen LogP contribution in [0.25, 0.3) is 10.1 Å². The Labute approximate surface area is 178 Å². The summed E-state index contributed by atoms with van der Waals surface area (Å²) in [4.78, 5) is 32.7. The first kappa shape index (κ1) is 20.2. The monoisotopic (exact) mass is 425 g/mol. The zero-order chi connectivity index (χ0) is 21.1. The van der Waals surface area contributed by atoms with Crippen LogP contribution in [0.1, 0.15) is 21.7 Å². The van der Waals surface area contributed by atoms with Crippen molar-refractivity contribution < 1.29 is 9.72 Å². The van der Waals surface area contributed by atoms with Crippen LogP contribution in [0.5, 0.6) is 0 Å². The number of carbonyl (C=O) groups is 1. The standard InChI is InChI=1S/C21H23N5O3S/c1-24-7-2-8-25(10-9-24)20-6-3-15(13-22-20)14-23-21(27)19-12-16-11-17(26(28)29)4-5-18(16)30-19/h3-6,11-13H,2,7-10,14H2,1H3,(H,23,27). The molecule has 1 amide bonds. The van der Waals surface area contributed by atoms with Crippen molar-refractivity contribution in [3.05, 3.63) is 63.1 Å². The summed E-state index contributed by atoms with van der Waals surface area (Å²) < 4.78 is 0.847. The number of nitro benzene ring substituents is 1. The molecule has 156 valence electrons. The molecule has 0 unspecified atom stereocenters. The Kier molecular flexibility index (Phi) is 5.91. The Morgan fingerprint density at radius 2 is 2.07 bits per heavy atom. The van der Waals surface area contributed by atoms with Crippen molar-refractivity contribution >= 4 is 38.8 Å². The average molecular weight is 426 g/mol. The first-order valence-electron chi connectivity index (χ1n) is 9.84. The zero-order valence-electron chi connectivity index (χ0n) is 16.7. The number of non-ortho nitro benzene ring substituents is 1. The maximum atomic E-state index is 12.5. The number of pyridine rings is 1. The van der Waals surface area contributed by atoms with E-state index in [9.17, 15) is 14.9 Å². The number of likely N-dealkylation sites (N-methyl/N-ethyl adjacent to an activating group) is 1. The Balaban J connectivity index is 1.37. The molecule has 3 aromatic rings. The van der Waals surface area contributed by atoms with Gasteiger partial charge in [0, 0.05) is 54.6 Å². The Morgan fingerprint density at radius 3 is 2.83 bits per heavy atom. The van der Waals surface area contributed by atoms with Crippen molar-refractivity contribution in [1.29, 1.82) is 0 Å². The molecule has 2 aromatic heterocycles. The van der Waals surface area contributed by atoms with E-state index >= 15 is 0 Å². The van der Waals surface area contributed by atoms with Gasteiger partial charge in [0.2, 0.25) is 0 Å². The summed E-state index contributed by atoms with van der Waals surface area (Å²) >= 11 is 1.32. The van der Waals surface area contributed by atoms with Crippen molar-refractivity contribution in [2.45, 2.75) is 13.0 Å². The molecule has 1 saturated heterocycles. The van der Waals surface area contributed by atoms with Gasteiger partial charge in [-0.05, 0) is 43.8 Å². The number of benzene rings is 1. The van der Waals surface area contributed by atoms with E-state index in [2.05, 4.69) is 27.1 Å². The van der Waals surface area contributed by atoms with E-state index in [0.29, 0.717) is 16.8 Å². The highest BCUT2D eigenvalue weighted by Gasteiger charge is 2.15. The van der Waals surface area contributed by atoms with Crippen LogP contribution in [0.4, 0.5) is 11.5 Å². The first-order chi connectivity index (χ1) is 14.5. The number of amides is 1. The summed E-state index contributed by atoms with van der Waals surface area (Å²) in [6.07, 6.45) is 2.92. The van der Waals surface area contributed by atoms with Gasteiger partial charge in [0.15, 0.2) is 0 Å². The lowest BCUT2D eigenvalue weighted by atomic mass is 10.2.